The number of carbonyl (C=O) groups is 1. The summed E-state index contributed by atoms with van der Waals surface area (Å²) in [4.78, 5) is 25.7. The summed E-state index contributed by atoms with van der Waals surface area (Å²) in [6.45, 7) is 3.12. The lowest BCUT2D eigenvalue weighted by Gasteiger charge is -2.28. The molecule has 1 unspecified atom stereocenters. The molecule has 12 heteroatoms. The fourth-order valence-corrected chi connectivity index (χ4v) is 4.23. The Morgan fingerprint density at radius 2 is 2.04 bits per heavy atom. The third-order valence-electron chi connectivity index (χ3n) is 5.71. The average molecular weight is 386 g/mol. The number of aliphatic hydroxyl groups excluding tert-OH is 1. The second-order valence-corrected chi connectivity index (χ2v) is 7.18. The first-order valence-electron chi connectivity index (χ1n) is 7.68. The highest BCUT2D eigenvalue weighted by Gasteiger charge is 2.93. The first kappa shape index (κ1) is 17.4. The predicted molar refractivity (Wildman–Crippen MR) is 86.0 cm³/mol. The number of aromatic nitrogens is 4. The molecule has 1 aliphatic heterocycles. The van der Waals surface area contributed by atoms with Gasteiger partial charge in [0.25, 0.3) is 0 Å². The molecule has 140 valence electrons. The van der Waals surface area contributed by atoms with E-state index >= 15 is 0 Å². The van der Waals surface area contributed by atoms with E-state index in [0.29, 0.717) is 5.52 Å². The minimum Gasteiger partial charge on any atom is -0.479 e. The summed E-state index contributed by atoms with van der Waals surface area (Å²) < 4.78 is 6.94. The number of ether oxygens (including phenoxy) is 1. The second kappa shape index (κ2) is 5.02. The van der Waals surface area contributed by atoms with Crippen LogP contribution in [0.25, 0.3) is 11.2 Å². The van der Waals surface area contributed by atoms with E-state index in [-0.39, 0.29) is 11.5 Å². The van der Waals surface area contributed by atoms with Crippen LogP contribution >= 0.6 is 11.8 Å². The molecule has 5 atom stereocenters. The molecule has 0 radical (unpaired) electrons. The maximum Gasteiger partial charge on any atom is 0.335 e. The molecular weight excluding hydrogens is 370 g/mol. The van der Waals surface area contributed by atoms with E-state index < -0.39 is 41.0 Å². The van der Waals surface area contributed by atoms with Crippen molar-refractivity contribution in [3.05, 3.63) is 12.7 Å². The van der Waals surface area contributed by atoms with E-state index in [1.165, 1.54) is 17.2 Å². The minimum atomic E-state index is -2.03. The Labute approximate surface area is 151 Å². The Morgan fingerprint density at radius 3 is 2.65 bits per heavy atom. The van der Waals surface area contributed by atoms with Gasteiger partial charge in [-0.25, -0.2) is 19.7 Å². The highest BCUT2D eigenvalue weighted by atomic mass is 35.5. The van der Waals surface area contributed by atoms with E-state index in [4.69, 9.17) is 21.6 Å². The van der Waals surface area contributed by atoms with Crippen molar-refractivity contribution in [2.24, 2.45) is 5.41 Å². The van der Waals surface area contributed by atoms with Gasteiger partial charge in [-0.05, 0) is 0 Å². The zero-order valence-electron chi connectivity index (χ0n) is 13.7. The van der Waals surface area contributed by atoms with E-state index in [0.717, 1.165) is 0 Å². The summed E-state index contributed by atoms with van der Waals surface area (Å²) in [7, 11) is 0. The summed E-state index contributed by atoms with van der Waals surface area (Å²) >= 11 is 5.60. The molecular formula is C14H16ClN5O6. The van der Waals surface area contributed by atoms with Gasteiger partial charge >= 0.3 is 5.97 Å². The Morgan fingerprint density at radius 1 is 1.35 bits per heavy atom. The van der Waals surface area contributed by atoms with Crippen molar-refractivity contribution in [2.45, 2.75) is 43.5 Å². The van der Waals surface area contributed by atoms with Crippen LogP contribution in [-0.2, 0) is 9.53 Å². The second-order valence-electron chi connectivity index (χ2n) is 6.99. The van der Waals surface area contributed by atoms with Gasteiger partial charge in [-0.1, -0.05) is 13.8 Å². The molecule has 1 saturated carbocycles. The van der Waals surface area contributed by atoms with Crippen molar-refractivity contribution >= 4 is 34.7 Å². The maximum atomic E-state index is 11.2. The number of fused-ring (bicyclic) bond motifs is 2. The number of hydrogen-bond acceptors (Lipinski definition) is 9. The lowest BCUT2D eigenvalue weighted by Crippen LogP contribution is -2.46. The number of anilines is 1. The molecule has 2 aliphatic rings. The van der Waals surface area contributed by atoms with Crippen LogP contribution in [0.4, 0.5) is 5.82 Å². The standard InChI is InChI=1S/C14H16ClN5O6/c1-12(2)13(24)7(6(21)10(22)23)26-11(14(12,13)25)20-4-18-5-8(19-15)16-3-17-9(5)20/h3-4,6-7,11,21,24-25H,1-2H3,(H,22,23)(H,16,17,19)/t6?,7-,11-,13-,14+/m1/s1. The molecule has 5 N–H and O–H groups in total. The van der Waals surface area contributed by atoms with Crippen molar-refractivity contribution in [3.8, 4) is 0 Å². The van der Waals surface area contributed by atoms with Gasteiger partial charge < -0.3 is 25.2 Å². The van der Waals surface area contributed by atoms with Crippen LogP contribution in [0.2, 0.25) is 0 Å². The lowest BCUT2D eigenvalue weighted by molar-refractivity contribution is -0.174. The molecule has 26 heavy (non-hydrogen) atoms. The zero-order valence-corrected chi connectivity index (χ0v) is 14.4. The Kier molecular flexibility index (Phi) is 3.35. The highest BCUT2D eigenvalue weighted by Crippen LogP contribution is 2.75. The van der Waals surface area contributed by atoms with Crippen LogP contribution in [0.3, 0.4) is 0 Å². The van der Waals surface area contributed by atoms with Crippen LogP contribution in [0, 0.1) is 5.41 Å². The third kappa shape index (κ3) is 1.67. The van der Waals surface area contributed by atoms with Gasteiger partial charge in [-0.2, -0.15) is 0 Å². The maximum absolute atomic E-state index is 11.2. The number of imidazole rings is 1. The van der Waals surface area contributed by atoms with Crippen LogP contribution in [0.5, 0.6) is 0 Å². The highest BCUT2D eigenvalue weighted by molar-refractivity contribution is 6.24. The molecule has 0 spiro atoms. The van der Waals surface area contributed by atoms with E-state index in [1.54, 1.807) is 13.8 Å². The van der Waals surface area contributed by atoms with Gasteiger partial charge in [0.1, 0.15) is 23.6 Å². The van der Waals surface area contributed by atoms with Crippen molar-refractivity contribution in [1.82, 2.24) is 19.5 Å². The first-order valence-corrected chi connectivity index (χ1v) is 8.06. The number of carboxylic acids is 1. The van der Waals surface area contributed by atoms with Gasteiger partial charge in [0.05, 0.1) is 6.33 Å². The van der Waals surface area contributed by atoms with Gasteiger partial charge in [0.15, 0.2) is 29.3 Å². The molecule has 0 amide bonds. The van der Waals surface area contributed by atoms with Gasteiger partial charge in [-0.15, -0.1) is 0 Å². The van der Waals surface area contributed by atoms with Gasteiger partial charge in [0, 0.05) is 17.2 Å². The third-order valence-corrected chi connectivity index (χ3v) is 5.89. The SMILES string of the molecule is CC1(C)[C@]2(O)[C@@H](C(O)C(=O)O)O[C@@H](n3cnc4c(NCl)ncnc43)[C@]12O. The number of carboxylic acid groups (broad SMARTS) is 1. The quantitative estimate of drug-likeness (QED) is 0.422. The van der Waals surface area contributed by atoms with E-state index in [1.807, 2.05) is 0 Å². The average Bonchev–Trinajstić information content (AvgIpc) is 2.98. The monoisotopic (exact) mass is 385 g/mol. The van der Waals surface area contributed by atoms with E-state index in [9.17, 15) is 20.1 Å². The number of aliphatic carboxylic acids is 1. The minimum absolute atomic E-state index is 0.229. The number of hydrogen-bond donors (Lipinski definition) is 5. The summed E-state index contributed by atoms with van der Waals surface area (Å²) in [5.41, 5.74) is -4.45. The number of nitrogens with one attached hydrogen (secondary N) is 1. The molecule has 1 aliphatic carbocycles. The first-order chi connectivity index (χ1) is 12.1. The van der Waals surface area contributed by atoms with Crippen molar-refractivity contribution in [1.29, 1.82) is 0 Å². The molecule has 0 bridgehead atoms. The Balaban J connectivity index is 1.85. The summed E-state index contributed by atoms with van der Waals surface area (Å²) in [5, 5.41) is 41.2. The van der Waals surface area contributed by atoms with Crippen LogP contribution in [0.15, 0.2) is 12.7 Å². The lowest BCUT2D eigenvalue weighted by atomic mass is 9.97. The molecule has 3 heterocycles. The molecule has 2 aromatic rings. The zero-order chi connectivity index (χ0) is 19.1. The molecule has 4 rings (SSSR count). The van der Waals surface area contributed by atoms with Crippen molar-refractivity contribution in [3.63, 3.8) is 0 Å². The summed E-state index contributed by atoms with van der Waals surface area (Å²) in [6.07, 6.45) is -2.27. The molecule has 0 aromatic carbocycles. The molecule has 2 aromatic heterocycles. The van der Waals surface area contributed by atoms with Gasteiger partial charge in [0.2, 0.25) is 0 Å². The smallest absolute Gasteiger partial charge is 0.335 e. The largest absolute Gasteiger partial charge is 0.479 e. The number of halogens is 1. The number of aliphatic hydroxyl groups is 3. The predicted octanol–water partition coefficient (Wildman–Crippen LogP) is -0.763. The fourth-order valence-electron chi connectivity index (χ4n) is 4.09. The molecule has 1 saturated heterocycles. The Bertz CT molecular complexity index is 920. The topological polar surface area (TPSA) is 163 Å². The molecule has 11 nitrogen and oxygen atoms in total. The normalized spacial score (nSPS) is 35.9. The van der Waals surface area contributed by atoms with Crippen LogP contribution in [-0.4, -0.2) is 69.3 Å². The van der Waals surface area contributed by atoms with Crippen molar-refractivity contribution in [2.75, 3.05) is 4.84 Å². The van der Waals surface area contributed by atoms with Crippen LogP contribution < -0.4 is 4.84 Å². The van der Waals surface area contributed by atoms with Crippen molar-refractivity contribution < 1.29 is 30.0 Å². The molecule has 2 fully saturated rings. The Hall–Kier alpha value is -2.05. The number of rotatable bonds is 4. The summed E-state index contributed by atoms with van der Waals surface area (Å²) in [6, 6.07) is 0. The summed E-state index contributed by atoms with van der Waals surface area (Å²) in [5.74, 6) is -1.34. The van der Waals surface area contributed by atoms with Crippen LogP contribution in [0.1, 0.15) is 20.1 Å². The number of nitrogens with zero attached hydrogens (tertiary/aromatic N) is 4. The van der Waals surface area contributed by atoms with E-state index in [2.05, 4.69) is 19.8 Å². The fraction of sp³-hybridized carbons (Fsp3) is 0.571. The van der Waals surface area contributed by atoms with Gasteiger partial charge in [-0.3, -0.25) is 9.40 Å².